The number of anilines is 1. The van der Waals surface area contributed by atoms with Gasteiger partial charge in [0.05, 0.1) is 18.3 Å². The fourth-order valence-corrected chi connectivity index (χ4v) is 2.63. The first-order chi connectivity index (χ1) is 10.6. The third-order valence-electron chi connectivity index (χ3n) is 3.88. The van der Waals surface area contributed by atoms with E-state index < -0.39 is 0 Å². The molecule has 5 nitrogen and oxygen atoms in total. The monoisotopic (exact) mass is 296 g/mol. The van der Waals surface area contributed by atoms with Crippen LogP contribution >= 0.6 is 0 Å². The average molecular weight is 296 g/mol. The number of hydrogen-bond acceptors (Lipinski definition) is 4. The molecule has 0 aliphatic heterocycles. The van der Waals surface area contributed by atoms with E-state index in [4.69, 9.17) is 4.74 Å². The van der Waals surface area contributed by atoms with E-state index in [2.05, 4.69) is 26.6 Å². The molecular formula is C17H20N4O. The molecule has 0 aliphatic carbocycles. The molecule has 22 heavy (non-hydrogen) atoms. The van der Waals surface area contributed by atoms with Crippen molar-refractivity contribution >= 4 is 16.6 Å². The summed E-state index contributed by atoms with van der Waals surface area (Å²) in [6, 6.07) is 8.00. The number of aryl methyl sites for hydroxylation is 3. The second-order valence-electron chi connectivity index (χ2n) is 5.46. The van der Waals surface area contributed by atoms with Crippen LogP contribution in [0.1, 0.15) is 22.6 Å². The predicted octanol–water partition coefficient (Wildman–Crippen LogP) is 3.50. The van der Waals surface area contributed by atoms with Crippen LogP contribution in [0.2, 0.25) is 0 Å². The Morgan fingerprint density at radius 1 is 1.18 bits per heavy atom. The number of rotatable bonds is 4. The first kappa shape index (κ1) is 14.4. The second kappa shape index (κ2) is 5.67. The molecule has 1 aromatic carbocycles. The minimum atomic E-state index is 0.726. The van der Waals surface area contributed by atoms with Gasteiger partial charge >= 0.3 is 0 Å². The van der Waals surface area contributed by atoms with Gasteiger partial charge in [0.2, 0.25) is 0 Å². The molecule has 0 fully saturated rings. The molecule has 2 heterocycles. The molecule has 0 bridgehead atoms. The maximum absolute atomic E-state index is 5.33. The summed E-state index contributed by atoms with van der Waals surface area (Å²) in [7, 11) is 1.67. The van der Waals surface area contributed by atoms with Crippen LogP contribution in [0.4, 0.5) is 5.69 Å². The minimum Gasteiger partial charge on any atom is -0.497 e. The lowest BCUT2D eigenvalue weighted by Crippen LogP contribution is -2.03. The second-order valence-corrected chi connectivity index (χ2v) is 5.46. The van der Waals surface area contributed by atoms with Gasteiger partial charge in [0, 0.05) is 34.6 Å². The molecule has 2 N–H and O–H groups in total. The Kier molecular flexibility index (Phi) is 3.71. The Hall–Kier alpha value is -2.56. The number of nitrogens with one attached hydrogen (secondary N) is 2. The van der Waals surface area contributed by atoms with Crippen LogP contribution in [0.3, 0.4) is 0 Å². The molecule has 0 saturated heterocycles. The van der Waals surface area contributed by atoms with E-state index in [1.165, 1.54) is 5.56 Å². The Bertz CT molecular complexity index is 803. The summed E-state index contributed by atoms with van der Waals surface area (Å²) in [5.74, 6) is 0.830. The summed E-state index contributed by atoms with van der Waals surface area (Å²) in [5.41, 5.74) is 6.33. The third kappa shape index (κ3) is 2.62. The summed E-state index contributed by atoms with van der Waals surface area (Å²) >= 11 is 0. The predicted molar refractivity (Wildman–Crippen MR) is 88.4 cm³/mol. The van der Waals surface area contributed by atoms with Gasteiger partial charge in [0.1, 0.15) is 5.75 Å². The van der Waals surface area contributed by atoms with E-state index >= 15 is 0 Å². The molecule has 0 spiro atoms. The van der Waals surface area contributed by atoms with Gasteiger partial charge in [-0.2, -0.15) is 5.10 Å². The Morgan fingerprint density at radius 3 is 2.68 bits per heavy atom. The van der Waals surface area contributed by atoms with Gasteiger partial charge in [-0.1, -0.05) is 0 Å². The van der Waals surface area contributed by atoms with E-state index in [-0.39, 0.29) is 0 Å². The number of aromatic amines is 1. The molecular weight excluding hydrogens is 276 g/mol. The smallest absolute Gasteiger partial charge is 0.119 e. The fourth-order valence-electron chi connectivity index (χ4n) is 2.63. The summed E-state index contributed by atoms with van der Waals surface area (Å²) in [5, 5.41) is 11.8. The van der Waals surface area contributed by atoms with Gasteiger partial charge in [-0.15, -0.1) is 0 Å². The lowest BCUT2D eigenvalue weighted by atomic mass is 10.1. The lowest BCUT2D eigenvalue weighted by Gasteiger charge is -2.12. The van der Waals surface area contributed by atoms with Crippen molar-refractivity contribution in [2.24, 2.45) is 0 Å². The van der Waals surface area contributed by atoms with Crippen LogP contribution in [-0.2, 0) is 6.54 Å². The Labute approximate surface area is 129 Å². The van der Waals surface area contributed by atoms with Crippen molar-refractivity contribution in [1.29, 1.82) is 0 Å². The van der Waals surface area contributed by atoms with E-state index in [0.29, 0.717) is 0 Å². The number of pyridine rings is 1. The highest BCUT2D eigenvalue weighted by Crippen LogP contribution is 2.28. The van der Waals surface area contributed by atoms with Crippen LogP contribution in [-0.4, -0.2) is 22.3 Å². The molecule has 0 unspecified atom stereocenters. The summed E-state index contributed by atoms with van der Waals surface area (Å²) < 4.78 is 5.33. The van der Waals surface area contributed by atoms with Crippen LogP contribution in [0.5, 0.6) is 5.75 Å². The van der Waals surface area contributed by atoms with E-state index in [0.717, 1.165) is 46.0 Å². The molecule has 3 aromatic rings. The lowest BCUT2D eigenvalue weighted by molar-refractivity contribution is 0.415. The highest BCUT2D eigenvalue weighted by molar-refractivity contribution is 5.92. The molecule has 114 valence electrons. The average Bonchev–Trinajstić information content (AvgIpc) is 2.83. The van der Waals surface area contributed by atoms with Crippen molar-refractivity contribution in [3.05, 3.63) is 46.9 Å². The van der Waals surface area contributed by atoms with E-state index in [1.54, 1.807) is 7.11 Å². The summed E-state index contributed by atoms with van der Waals surface area (Å²) in [6.45, 7) is 6.78. The van der Waals surface area contributed by atoms with Crippen molar-refractivity contribution in [3.63, 3.8) is 0 Å². The Morgan fingerprint density at radius 2 is 2.00 bits per heavy atom. The zero-order chi connectivity index (χ0) is 15.7. The van der Waals surface area contributed by atoms with Crippen molar-refractivity contribution in [2.75, 3.05) is 12.4 Å². The van der Waals surface area contributed by atoms with Crippen molar-refractivity contribution in [1.82, 2.24) is 15.2 Å². The maximum atomic E-state index is 5.33. The topological polar surface area (TPSA) is 62.8 Å². The van der Waals surface area contributed by atoms with Crippen molar-refractivity contribution < 1.29 is 4.74 Å². The number of aromatic nitrogens is 3. The van der Waals surface area contributed by atoms with E-state index in [9.17, 15) is 0 Å². The van der Waals surface area contributed by atoms with Gasteiger partial charge < -0.3 is 10.1 Å². The molecule has 0 amide bonds. The largest absolute Gasteiger partial charge is 0.497 e. The maximum Gasteiger partial charge on any atom is 0.119 e. The number of methoxy groups -OCH3 is 1. The zero-order valence-electron chi connectivity index (χ0n) is 13.3. The number of H-pyrrole nitrogens is 1. The standard InChI is InChI=1S/C17H20N4O/c1-10-7-17(18-9-15-11(2)20-21-12(15)3)14-8-13(22-4)5-6-16(14)19-10/h5-8H,9H2,1-4H3,(H,18,19)(H,20,21). The van der Waals surface area contributed by atoms with Gasteiger partial charge in [-0.25, -0.2) is 0 Å². The van der Waals surface area contributed by atoms with Crippen molar-refractivity contribution in [2.45, 2.75) is 27.3 Å². The Balaban J connectivity index is 1.98. The number of hydrogen-bond donors (Lipinski definition) is 2. The quantitative estimate of drug-likeness (QED) is 0.773. The number of fused-ring (bicyclic) bond motifs is 1. The van der Waals surface area contributed by atoms with Gasteiger partial charge in [0.25, 0.3) is 0 Å². The highest BCUT2D eigenvalue weighted by atomic mass is 16.5. The SMILES string of the molecule is COc1ccc2nc(C)cc(NCc3c(C)n[nH]c3C)c2c1. The molecule has 3 rings (SSSR count). The molecule has 5 heteroatoms. The molecule has 0 aliphatic rings. The van der Waals surface area contributed by atoms with Crippen LogP contribution < -0.4 is 10.1 Å². The molecule has 0 saturated carbocycles. The summed E-state index contributed by atoms with van der Waals surface area (Å²) in [4.78, 5) is 4.58. The van der Waals surface area contributed by atoms with Crippen LogP contribution in [0.25, 0.3) is 10.9 Å². The minimum absolute atomic E-state index is 0.726. The van der Waals surface area contributed by atoms with E-state index in [1.807, 2.05) is 39.0 Å². The number of ether oxygens (including phenoxy) is 1. The molecule has 2 aromatic heterocycles. The van der Waals surface area contributed by atoms with Gasteiger partial charge in [-0.3, -0.25) is 10.1 Å². The number of benzene rings is 1. The summed E-state index contributed by atoms with van der Waals surface area (Å²) in [6.07, 6.45) is 0. The first-order valence-electron chi connectivity index (χ1n) is 7.28. The highest BCUT2D eigenvalue weighted by Gasteiger charge is 2.09. The normalized spacial score (nSPS) is 10.9. The zero-order valence-corrected chi connectivity index (χ0v) is 13.3. The molecule has 0 atom stereocenters. The third-order valence-corrected chi connectivity index (χ3v) is 3.88. The first-order valence-corrected chi connectivity index (χ1v) is 7.28. The number of nitrogens with zero attached hydrogens (tertiary/aromatic N) is 2. The molecule has 0 radical (unpaired) electrons. The van der Waals surface area contributed by atoms with Crippen LogP contribution in [0, 0.1) is 20.8 Å². The van der Waals surface area contributed by atoms with Gasteiger partial charge in [0.15, 0.2) is 0 Å². The van der Waals surface area contributed by atoms with Gasteiger partial charge in [-0.05, 0) is 45.0 Å². The van der Waals surface area contributed by atoms with Crippen LogP contribution in [0.15, 0.2) is 24.3 Å². The van der Waals surface area contributed by atoms with Crippen molar-refractivity contribution in [3.8, 4) is 5.75 Å². The fraction of sp³-hybridized carbons (Fsp3) is 0.294.